The minimum absolute atomic E-state index is 0.0805. The molecular formula is C24H19F4N3O4. The van der Waals surface area contributed by atoms with Crippen LogP contribution in [0.15, 0.2) is 60.7 Å². The first kappa shape index (κ1) is 24.2. The van der Waals surface area contributed by atoms with Crippen LogP contribution in [0.1, 0.15) is 15.9 Å². The third kappa shape index (κ3) is 5.42. The Morgan fingerprint density at radius 2 is 1.89 bits per heavy atom. The zero-order chi connectivity index (χ0) is 25.2. The first-order valence-electron chi connectivity index (χ1n) is 10.3. The molecule has 182 valence electrons. The molecule has 35 heavy (non-hydrogen) atoms. The number of nitrogens with zero attached hydrogens (tertiary/aromatic N) is 1. The molecule has 1 aromatic heterocycles. The molecule has 0 aliphatic heterocycles. The van der Waals surface area contributed by atoms with E-state index in [0.29, 0.717) is 23.0 Å². The number of nitrogens with one attached hydrogen (secondary N) is 2. The molecule has 0 fully saturated rings. The lowest BCUT2D eigenvalue weighted by atomic mass is 10.1. The summed E-state index contributed by atoms with van der Waals surface area (Å²) >= 11 is 0. The number of anilines is 1. The average molecular weight is 489 g/mol. The van der Waals surface area contributed by atoms with Crippen molar-refractivity contribution in [3.63, 3.8) is 0 Å². The van der Waals surface area contributed by atoms with Gasteiger partial charge in [0.1, 0.15) is 35.6 Å². The number of alkyl halides is 3. The fourth-order valence-electron chi connectivity index (χ4n) is 3.41. The van der Waals surface area contributed by atoms with E-state index in [1.54, 1.807) is 18.2 Å². The Hall–Kier alpha value is -3.96. The van der Waals surface area contributed by atoms with Crippen LogP contribution in [0.5, 0.6) is 5.75 Å². The third-order valence-corrected chi connectivity index (χ3v) is 5.04. The van der Waals surface area contributed by atoms with Crippen molar-refractivity contribution in [2.24, 2.45) is 0 Å². The summed E-state index contributed by atoms with van der Waals surface area (Å²) in [6.07, 6.45) is -5.79. The van der Waals surface area contributed by atoms with Gasteiger partial charge in [-0.15, -0.1) is 0 Å². The number of aliphatic hydroxyl groups is 2. The van der Waals surface area contributed by atoms with Crippen molar-refractivity contribution in [1.29, 1.82) is 0 Å². The van der Waals surface area contributed by atoms with Gasteiger partial charge >= 0.3 is 6.18 Å². The number of aromatic amines is 1. The number of imidazole rings is 1. The van der Waals surface area contributed by atoms with Gasteiger partial charge in [0.25, 0.3) is 5.91 Å². The Morgan fingerprint density at radius 3 is 2.63 bits per heavy atom. The molecule has 0 aliphatic carbocycles. The van der Waals surface area contributed by atoms with Gasteiger partial charge in [-0.3, -0.25) is 4.79 Å². The number of aliphatic hydroxyl groups excluding tert-OH is 2. The lowest BCUT2D eigenvalue weighted by molar-refractivity contribution is -0.137. The minimum atomic E-state index is -4.73. The van der Waals surface area contributed by atoms with E-state index in [-0.39, 0.29) is 23.5 Å². The summed E-state index contributed by atoms with van der Waals surface area (Å²) in [4.78, 5) is 19.9. The number of carbonyl (C=O) groups is 1. The Labute approximate surface area is 196 Å². The summed E-state index contributed by atoms with van der Waals surface area (Å²) in [6.45, 7) is -0.616. The molecule has 0 saturated carbocycles. The minimum Gasteiger partial charge on any atom is -0.491 e. The predicted octanol–water partition coefficient (Wildman–Crippen LogP) is 4.37. The molecule has 4 aromatic rings. The van der Waals surface area contributed by atoms with Crippen LogP contribution in [0.4, 0.5) is 23.2 Å². The SMILES string of the molecule is O=C(Nc1cccc(OC[C@H](O)CO)c1)c1cccc2[nH]c(-c3cc(F)ccc3C(F)(F)F)nc12. The first-order chi connectivity index (χ1) is 16.7. The lowest BCUT2D eigenvalue weighted by Gasteiger charge is -2.11. The van der Waals surface area contributed by atoms with Crippen LogP contribution < -0.4 is 10.1 Å². The second-order valence-electron chi connectivity index (χ2n) is 7.60. The van der Waals surface area contributed by atoms with Crippen molar-refractivity contribution < 1.29 is 37.3 Å². The highest BCUT2D eigenvalue weighted by Gasteiger charge is 2.34. The van der Waals surface area contributed by atoms with Gasteiger partial charge in [-0.1, -0.05) is 12.1 Å². The van der Waals surface area contributed by atoms with Crippen LogP contribution in [-0.4, -0.2) is 45.4 Å². The fraction of sp³-hybridized carbons (Fsp3) is 0.167. The van der Waals surface area contributed by atoms with Gasteiger partial charge in [-0.2, -0.15) is 13.2 Å². The van der Waals surface area contributed by atoms with E-state index in [1.807, 2.05) is 0 Å². The first-order valence-corrected chi connectivity index (χ1v) is 10.3. The van der Waals surface area contributed by atoms with Crippen molar-refractivity contribution in [3.05, 3.63) is 77.6 Å². The number of fused-ring (bicyclic) bond motifs is 1. The van der Waals surface area contributed by atoms with Crippen molar-refractivity contribution >= 4 is 22.6 Å². The molecular weight excluding hydrogens is 470 g/mol. The van der Waals surface area contributed by atoms with Gasteiger partial charge in [0.05, 0.1) is 23.3 Å². The number of aromatic nitrogens is 2. The normalized spacial score (nSPS) is 12.5. The summed E-state index contributed by atoms with van der Waals surface area (Å²) < 4.78 is 59.5. The van der Waals surface area contributed by atoms with Gasteiger partial charge < -0.3 is 25.3 Å². The Balaban J connectivity index is 1.64. The van der Waals surface area contributed by atoms with Crippen molar-refractivity contribution in [1.82, 2.24) is 9.97 Å². The van der Waals surface area contributed by atoms with Crippen LogP contribution in [0.3, 0.4) is 0 Å². The second kappa shape index (κ2) is 9.72. The van der Waals surface area contributed by atoms with Crippen LogP contribution in [0, 0.1) is 5.82 Å². The molecule has 1 atom stereocenters. The van der Waals surface area contributed by atoms with E-state index in [4.69, 9.17) is 9.84 Å². The Morgan fingerprint density at radius 1 is 1.11 bits per heavy atom. The molecule has 3 aromatic carbocycles. The topological polar surface area (TPSA) is 107 Å². The molecule has 7 nitrogen and oxygen atoms in total. The highest BCUT2D eigenvalue weighted by molar-refractivity contribution is 6.11. The zero-order valence-electron chi connectivity index (χ0n) is 17.9. The second-order valence-corrected chi connectivity index (χ2v) is 7.60. The molecule has 4 rings (SSSR count). The van der Waals surface area contributed by atoms with E-state index >= 15 is 0 Å². The van der Waals surface area contributed by atoms with Crippen molar-refractivity contribution in [3.8, 4) is 17.1 Å². The van der Waals surface area contributed by atoms with Crippen LogP contribution in [-0.2, 0) is 6.18 Å². The monoisotopic (exact) mass is 489 g/mol. The van der Waals surface area contributed by atoms with E-state index in [9.17, 15) is 27.5 Å². The number of H-pyrrole nitrogens is 1. The highest BCUT2D eigenvalue weighted by Crippen LogP contribution is 2.37. The molecule has 0 aliphatic rings. The quantitative estimate of drug-likeness (QED) is 0.289. The van der Waals surface area contributed by atoms with Gasteiger partial charge in [0.2, 0.25) is 0 Å². The van der Waals surface area contributed by atoms with Crippen LogP contribution in [0.2, 0.25) is 0 Å². The number of amides is 1. The van der Waals surface area contributed by atoms with E-state index in [0.717, 1.165) is 12.1 Å². The molecule has 0 bridgehead atoms. The van der Waals surface area contributed by atoms with Gasteiger partial charge in [0.15, 0.2) is 0 Å². The summed E-state index contributed by atoms with van der Waals surface area (Å²) in [6, 6.07) is 12.9. The Kier molecular flexibility index (Phi) is 6.72. The van der Waals surface area contributed by atoms with E-state index < -0.39 is 41.7 Å². The number of ether oxygens (including phenoxy) is 1. The number of hydrogen-bond donors (Lipinski definition) is 4. The Bertz CT molecular complexity index is 1370. The van der Waals surface area contributed by atoms with E-state index in [2.05, 4.69) is 15.3 Å². The van der Waals surface area contributed by atoms with E-state index in [1.165, 1.54) is 24.3 Å². The largest absolute Gasteiger partial charge is 0.491 e. The van der Waals surface area contributed by atoms with Gasteiger partial charge in [-0.25, -0.2) is 9.37 Å². The summed E-state index contributed by atoms with van der Waals surface area (Å²) in [5.74, 6) is -1.34. The molecule has 0 saturated heterocycles. The average Bonchev–Trinajstić information content (AvgIpc) is 3.26. The molecule has 4 N–H and O–H groups in total. The summed E-state index contributed by atoms with van der Waals surface area (Å²) in [5.41, 5.74) is -0.710. The number of hydrogen-bond acceptors (Lipinski definition) is 5. The van der Waals surface area contributed by atoms with Crippen LogP contribution in [0.25, 0.3) is 22.4 Å². The maximum absolute atomic E-state index is 13.8. The standard InChI is InChI=1S/C24H19F4N3O4/c25-13-7-8-19(24(26,27)28)18(9-13)22-30-20-6-2-5-17(21(20)31-22)23(34)29-14-3-1-4-16(10-14)35-12-15(33)11-32/h1-10,15,32-33H,11-12H2,(H,29,34)(H,30,31)/t15-/m1/s1. The number of halogens is 4. The molecule has 0 spiro atoms. The van der Waals surface area contributed by atoms with Gasteiger partial charge in [0, 0.05) is 17.3 Å². The maximum atomic E-state index is 13.8. The summed E-state index contributed by atoms with van der Waals surface area (Å²) in [7, 11) is 0. The molecule has 0 unspecified atom stereocenters. The fourth-order valence-corrected chi connectivity index (χ4v) is 3.41. The predicted molar refractivity (Wildman–Crippen MR) is 119 cm³/mol. The maximum Gasteiger partial charge on any atom is 0.417 e. The third-order valence-electron chi connectivity index (χ3n) is 5.04. The number of benzene rings is 3. The number of carbonyl (C=O) groups excluding carboxylic acids is 1. The smallest absolute Gasteiger partial charge is 0.417 e. The number of rotatable bonds is 7. The summed E-state index contributed by atoms with van der Waals surface area (Å²) in [5, 5.41) is 20.9. The zero-order valence-corrected chi connectivity index (χ0v) is 17.9. The van der Waals surface area contributed by atoms with Crippen molar-refractivity contribution in [2.75, 3.05) is 18.5 Å². The highest BCUT2D eigenvalue weighted by atomic mass is 19.4. The lowest BCUT2D eigenvalue weighted by Crippen LogP contribution is -2.21. The number of para-hydroxylation sites is 1. The molecule has 1 heterocycles. The molecule has 11 heteroatoms. The van der Waals surface area contributed by atoms with Crippen LogP contribution >= 0.6 is 0 Å². The van der Waals surface area contributed by atoms with Gasteiger partial charge in [-0.05, 0) is 42.5 Å². The molecule has 1 amide bonds. The van der Waals surface area contributed by atoms with Crippen molar-refractivity contribution in [2.45, 2.75) is 12.3 Å². The molecule has 0 radical (unpaired) electrons.